The van der Waals surface area contributed by atoms with Crippen LogP contribution in [0.25, 0.3) is 10.9 Å². The Balaban J connectivity index is 1.33. The zero-order chi connectivity index (χ0) is 25.7. The minimum absolute atomic E-state index is 0.0816. The van der Waals surface area contributed by atoms with Gasteiger partial charge in [0.15, 0.2) is 0 Å². The molecule has 0 bridgehead atoms. The number of likely N-dealkylation sites (tertiary alicyclic amines) is 1. The molecule has 4 rings (SSSR count). The van der Waals surface area contributed by atoms with Gasteiger partial charge in [0.1, 0.15) is 17.4 Å². The van der Waals surface area contributed by atoms with E-state index in [4.69, 9.17) is 4.74 Å². The minimum atomic E-state index is -0.667. The number of methoxy groups -OCH3 is 1. The van der Waals surface area contributed by atoms with Crippen molar-refractivity contribution in [3.8, 4) is 5.75 Å². The van der Waals surface area contributed by atoms with Crippen molar-refractivity contribution in [3.05, 3.63) is 65.4 Å². The molecule has 1 fully saturated rings. The summed E-state index contributed by atoms with van der Waals surface area (Å²) in [5.41, 5.74) is 2.81. The molecular formula is C28H35F2N3O3. The number of rotatable bonds is 10. The van der Waals surface area contributed by atoms with E-state index in [1.54, 1.807) is 13.3 Å². The number of fused-ring (bicyclic) bond motifs is 1. The first kappa shape index (κ1) is 26.3. The van der Waals surface area contributed by atoms with Crippen LogP contribution in [0.4, 0.5) is 14.5 Å². The summed E-state index contributed by atoms with van der Waals surface area (Å²) in [5.74, 6) is -0.474. The van der Waals surface area contributed by atoms with E-state index >= 15 is 0 Å². The first-order valence-electron chi connectivity index (χ1n) is 12.5. The van der Waals surface area contributed by atoms with Crippen LogP contribution < -0.4 is 10.1 Å². The summed E-state index contributed by atoms with van der Waals surface area (Å²) >= 11 is 0. The molecule has 3 aromatic rings. The number of pyridine rings is 1. The maximum atomic E-state index is 13.4. The number of aromatic nitrogens is 1. The van der Waals surface area contributed by atoms with Crippen LogP contribution in [0.5, 0.6) is 5.75 Å². The van der Waals surface area contributed by atoms with Crippen molar-refractivity contribution >= 4 is 16.6 Å². The van der Waals surface area contributed by atoms with Gasteiger partial charge in [-0.3, -0.25) is 4.98 Å². The van der Waals surface area contributed by atoms with Crippen LogP contribution in [0, 0.1) is 24.0 Å². The molecular weight excluding hydrogens is 464 g/mol. The number of hydrogen-bond donors (Lipinski definition) is 3. The van der Waals surface area contributed by atoms with Crippen molar-refractivity contribution in [3.63, 3.8) is 0 Å². The topological polar surface area (TPSA) is 77.8 Å². The number of halogens is 2. The Hall–Kier alpha value is -2.81. The molecule has 0 saturated carbocycles. The van der Waals surface area contributed by atoms with Gasteiger partial charge in [-0.1, -0.05) is 0 Å². The third-order valence-electron chi connectivity index (χ3n) is 7.47. The lowest BCUT2D eigenvalue weighted by atomic mass is 9.74. The second kappa shape index (κ2) is 11.5. The average Bonchev–Trinajstić information content (AvgIpc) is 2.87. The summed E-state index contributed by atoms with van der Waals surface area (Å²) in [4.78, 5) is 6.78. The third kappa shape index (κ3) is 6.11. The van der Waals surface area contributed by atoms with Gasteiger partial charge in [0, 0.05) is 43.0 Å². The van der Waals surface area contributed by atoms with Gasteiger partial charge in [0.05, 0.1) is 18.7 Å². The Morgan fingerprint density at radius 1 is 1.14 bits per heavy atom. The first-order chi connectivity index (χ1) is 17.3. The molecule has 0 aliphatic carbocycles. The van der Waals surface area contributed by atoms with Gasteiger partial charge in [-0.05, 0) is 92.6 Å². The van der Waals surface area contributed by atoms with Crippen molar-refractivity contribution in [2.24, 2.45) is 5.41 Å². The Morgan fingerprint density at radius 2 is 1.86 bits per heavy atom. The predicted octanol–water partition coefficient (Wildman–Crippen LogP) is 4.83. The van der Waals surface area contributed by atoms with E-state index < -0.39 is 17.7 Å². The van der Waals surface area contributed by atoms with Crippen LogP contribution in [-0.4, -0.2) is 60.0 Å². The van der Waals surface area contributed by atoms with Gasteiger partial charge in [0.2, 0.25) is 0 Å². The van der Waals surface area contributed by atoms with Crippen LogP contribution in [-0.2, 0) is 0 Å². The van der Waals surface area contributed by atoms with Crippen molar-refractivity contribution in [1.29, 1.82) is 0 Å². The van der Waals surface area contributed by atoms with Gasteiger partial charge in [-0.25, -0.2) is 8.78 Å². The molecule has 1 saturated heterocycles. The highest BCUT2D eigenvalue weighted by atomic mass is 19.1. The number of aryl methyl sites for hydroxylation is 1. The fourth-order valence-corrected chi connectivity index (χ4v) is 5.20. The largest absolute Gasteiger partial charge is 0.497 e. The standard InChI is InChI=1S/C28H35F2N3O3/c1-19-17-32-25-4-3-23(36-2)16-24(25)27(19)26(35)5-6-28(18-34)7-10-33(11-8-28)12-9-31-22-14-20(29)13-21(30)15-22/h3-4,13-17,26,31,34-35H,5-12,18H2,1-2H3. The molecule has 1 atom stereocenters. The first-order valence-corrected chi connectivity index (χ1v) is 12.5. The van der Waals surface area contributed by atoms with Gasteiger partial charge in [-0.15, -0.1) is 0 Å². The van der Waals surface area contributed by atoms with Gasteiger partial charge in [-0.2, -0.15) is 0 Å². The lowest BCUT2D eigenvalue weighted by Gasteiger charge is -2.41. The Bertz CT molecular complexity index is 1160. The number of aliphatic hydroxyl groups is 2. The van der Waals surface area contributed by atoms with Gasteiger partial charge < -0.3 is 25.2 Å². The molecule has 1 aliphatic heterocycles. The SMILES string of the molecule is COc1ccc2ncc(C)c(C(O)CCC3(CO)CCN(CCNc4cc(F)cc(F)c4)CC3)c2c1. The second-order valence-electron chi connectivity index (χ2n) is 9.88. The zero-order valence-corrected chi connectivity index (χ0v) is 20.9. The number of nitrogens with one attached hydrogen (secondary N) is 1. The molecule has 6 nitrogen and oxygen atoms in total. The number of benzene rings is 2. The third-order valence-corrected chi connectivity index (χ3v) is 7.47. The van der Waals surface area contributed by atoms with Crippen molar-refractivity contribution < 1.29 is 23.7 Å². The Morgan fingerprint density at radius 3 is 2.53 bits per heavy atom. The fraction of sp³-hybridized carbons (Fsp3) is 0.464. The number of piperidine rings is 1. The Kier molecular flexibility index (Phi) is 8.39. The summed E-state index contributed by atoms with van der Waals surface area (Å²) in [5, 5.41) is 25.4. The van der Waals surface area contributed by atoms with Gasteiger partial charge >= 0.3 is 0 Å². The van der Waals surface area contributed by atoms with Crippen molar-refractivity contribution in [2.45, 2.75) is 38.7 Å². The molecule has 194 valence electrons. The summed E-state index contributed by atoms with van der Waals surface area (Å²) in [6, 6.07) is 9.10. The smallest absolute Gasteiger partial charge is 0.128 e. The molecule has 36 heavy (non-hydrogen) atoms. The highest BCUT2D eigenvalue weighted by Gasteiger charge is 2.34. The lowest BCUT2D eigenvalue weighted by molar-refractivity contribution is 0.0247. The molecule has 1 aromatic heterocycles. The van der Waals surface area contributed by atoms with E-state index in [0.29, 0.717) is 25.1 Å². The molecule has 2 heterocycles. The molecule has 0 radical (unpaired) electrons. The number of nitrogens with zero attached hydrogens (tertiary/aromatic N) is 2. The number of hydrogen-bond acceptors (Lipinski definition) is 6. The molecule has 0 amide bonds. The van der Waals surface area contributed by atoms with E-state index in [1.165, 1.54) is 12.1 Å². The quantitative estimate of drug-likeness (QED) is 0.371. The Labute approximate surface area is 210 Å². The maximum absolute atomic E-state index is 13.4. The van der Waals surface area contributed by atoms with E-state index in [9.17, 15) is 19.0 Å². The van der Waals surface area contributed by atoms with E-state index in [2.05, 4.69) is 15.2 Å². The van der Waals surface area contributed by atoms with E-state index in [-0.39, 0.29) is 12.0 Å². The van der Waals surface area contributed by atoms with E-state index in [0.717, 1.165) is 66.3 Å². The number of aliphatic hydroxyl groups excluding tert-OH is 2. The average molecular weight is 500 g/mol. The number of anilines is 1. The summed E-state index contributed by atoms with van der Waals surface area (Å²) in [6.07, 6.45) is 4.04. The second-order valence-corrected chi connectivity index (χ2v) is 9.88. The molecule has 1 aliphatic rings. The fourth-order valence-electron chi connectivity index (χ4n) is 5.20. The molecule has 3 N–H and O–H groups in total. The van der Waals surface area contributed by atoms with Crippen LogP contribution in [0.15, 0.2) is 42.6 Å². The highest BCUT2D eigenvalue weighted by Crippen LogP contribution is 2.39. The van der Waals surface area contributed by atoms with Crippen LogP contribution in [0.1, 0.15) is 42.9 Å². The highest BCUT2D eigenvalue weighted by molar-refractivity contribution is 5.84. The lowest BCUT2D eigenvalue weighted by Crippen LogP contribution is -2.43. The predicted molar refractivity (Wildman–Crippen MR) is 137 cm³/mol. The molecule has 8 heteroatoms. The maximum Gasteiger partial charge on any atom is 0.128 e. The molecule has 2 aromatic carbocycles. The van der Waals surface area contributed by atoms with E-state index in [1.807, 2.05) is 25.1 Å². The number of ether oxygens (including phenoxy) is 1. The van der Waals surface area contributed by atoms with Crippen LogP contribution in [0.3, 0.4) is 0 Å². The van der Waals surface area contributed by atoms with Crippen LogP contribution in [0.2, 0.25) is 0 Å². The van der Waals surface area contributed by atoms with Crippen LogP contribution >= 0.6 is 0 Å². The minimum Gasteiger partial charge on any atom is -0.497 e. The summed E-state index contributed by atoms with van der Waals surface area (Å²) < 4.78 is 32.1. The molecule has 1 unspecified atom stereocenters. The summed E-state index contributed by atoms with van der Waals surface area (Å²) in [7, 11) is 1.62. The monoisotopic (exact) mass is 499 g/mol. The van der Waals surface area contributed by atoms with Gasteiger partial charge in [0.25, 0.3) is 0 Å². The normalized spacial score (nSPS) is 16.7. The zero-order valence-electron chi connectivity index (χ0n) is 20.9. The molecule has 0 spiro atoms. The summed E-state index contributed by atoms with van der Waals surface area (Å²) in [6.45, 7) is 5.00. The van der Waals surface area contributed by atoms with Crippen molar-refractivity contribution in [2.75, 3.05) is 45.2 Å². The van der Waals surface area contributed by atoms with Crippen molar-refractivity contribution in [1.82, 2.24) is 9.88 Å².